The Morgan fingerprint density at radius 3 is 2.69 bits per heavy atom. The van der Waals surface area contributed by atoms with E-state index < -0.39 is 11.9 Å². The number of esters is 2. The van der Waals surface area contributed by atoms with Crippen LogP contribution in [0.5, 0.6) is 11.5 Å². The van der Waals surface area contributed by atoms with Crippen molar-refractivity contribution in [2.75, 3.05) is 7.11 Å². The Balaban J connectivity index is 1.94. The van der Waals surface area contributed by atoms with Gasteiger partial charge in [-0.3, -0.25) is 4.79 Å². The van der Waals surface area contributed by atoms with Gasteiger partial charge in [0.1, 0.15) is 0 Å². The van der Waals surface area contributed by atoms with E-state index >= 15 is 0 Å². The highest BCUT2D eigenvalue weighted by atomic mass is 127. The van der Waals surface area contributed by atoms with E-state index in [2.05, 4.69) is 27.6 Å². The molecule has 0 amide bonds. The highest BCUT2D eigenvalue weighted by Crippen LogP contribution is 2.30. The number of hydrogen-bond donors (Lipinski definition) is 0. The number of cyclic esters (lactones) is 1. The lowest BCUT2D eigenvalue weighted by atomic mass is 10.1. The summed E-state index contributed by atoms with van der Waals surface area (Å²) in [5.41, 5.74) is 1.52. The number of methoxy groups -OCH3 is 1. The minimum Gasteiger partial charge on any atom is -0.493 e. The van der Waals surface area contributed by atoms with Gasteiger partial charge in [0.25, 0.3) is 0 Å². The maximum Gasteiger partial charge on any atom is 0.363 e. The van der Waals surface area contributed by atoms with Gasteiger partial charge in [-0.2, -0.15) is 0 Å². The molecular weight excluding hydrogens is 449 g/mol. The molecule has 7 heteroatoms. The fourth-order valence-electron chi connectivity index (χ4n) is 2.33. The lowest BCUT2D eigenvalue weighted by Gasteiger charge is -2.08. The number of ether oxygens (including phenoxy) is 3. The van der Waals surface area contributed by atoms with E-state index in [1.165, 1.54) is 14.0 Å². The highest BCUT2D eigenvalue weighted by Gasteiger charge is 2.24. The molecule has 0 aromatic heterocycles. The van der Waals surface area contributed by atoms with Crippen molar-refractivity contribution in [3.8, 4) is 11.5 Å². The topological polar surface area (TPSA) is 74.2 Å². The van der Waals surface area contributed by atoms with Gasteiger partial charge in [-0.25, -0.2) is 9.79 Å². The fraction of sp³-hybridized carbons (Fsp3) is 0.105. The predicted molar refractivity (Wildman–Crippen MR) is 104 cm³/mol. The van der Waals surface area contributed by atoms with E-state index in [1.807, 2.05) is 24.3 Å². The van der Waals surface area contributed by atoms with E-state index in [9.17, 15) is 9.59 Å². The van der Waals surface area contributed by atoms with Crippen molar-refractivity contribution in [1.29, 1.82) is 0 Å². The van der Waals surface area contributed by atoms with Crippen LogP contribution in [0.15, 0.2) is 53.2 Å². The molecule has 0 saturated carbocycles. The second kappa shape index (κ2) is 7.69. The molecular formula is C19H14INO5. The second-order valence-corrected chi connectivity index (χ2v) is 6.60. The molecule has 26 heavy (non-hydrogen) atoms. The summed E-state index contributed by atoms with van der Waals surface area (Å²) in [5.74, 6) is -0.0634. The first-order chi connectivity index (χ1) is 12.5. The minimum absolute atomic E-state index is 0.165. The number of benzene rings is 2. The first-order valence-electron chi connectivity index (χ1n) is 7.61. The third-order valence-electron chi connectivity index (χ3n) is 3.44. The second-order valence-electron chi connectivity index (χ2n) is 5.35. The van der Waals surface area contributed by atoms with Gasteiger partial charge in [0.05, 0.1) is 7.11 Å². The molecule has 132 valence electrons. The number of aliphatic imine (C=N–C) groups is 1. The van der Waals surface area contributed by atoms with Crippen LogP contribution < -0.4 is 9.47 Å². The summed E-state index contributed by atoms with van der Waals surface area (Å²) < 4.78 is 16.6. The molecule has 2 aromatic carbocycles. The van der Waals surface area contributed by atoms with Crippen LogP contribution in [-0.4, -0.2) is 24.9 Å². The van der Waals surface area contributed by atoms with Crippen molar-refractivity contribution in [3.05, 3.63) is 62.9 Å². The Morgan fingerprint density at radius 2 is 2.00 bits per heavy atom. The molecule has 1 aliphatic heterocycles. The van der Waals surface area contributed by atoms with Crippen LogP contribution in [0.1, 0.15) is 18.1 Å². The smallest absolute Gasteiger partial charge is 0.363 e. The largest absolute Gasteiger partial charge is 0.493 e. The molecule has 0 radical (unpaired) electrons. The van der Waals surface area contributed by atoms with Crippen molar-refractivity contribution in [2.45, 2.75) is 6.92 Å². The van der Waals surface area contributed by atoms with Crippen LogP contribution in [-0.2, 0) is 14.3 Å². The number of hydrogen-bond acceptors (Lipinski definition) is 6. The molecule has 0 saturated heterocycles. The molecule has 1 aliphatic rings. The number of rotatable bonds is 4. The Kier molecular flexibility index (Phi) is 5.36. The van der Waals surface area contributed by atoms with Crippen molar-refractivity contribution in [3.63, 3.8) is 0 Å². The van der Waals surface area contributed by atoms with E-state index in [1.54, 1.807) is 24.3 Å². The van der Waals surface area contributed by atoms with E-state index in [0.717, 1.165) is 9.13 Å². The van der Waals surface area contributed by atoms with Crippen LogP contribution in [0.25, 0.3) is 6.08 Å². The zero-order valence-electron chi connectivity index (χ0n) is 14.0. The molecule has 0 N–H and O–H groups in total. The molecule has 2 aromatic rings. The Labute approximate surface area is 163 Å². The molecule has 1 heterocycles. The van der Waals surface area contributed by atoms with Crippen LogP contribution >= 0.6 is 22.6 Å². The maximum absolute atomic E-state index is 12.1. The zero-order valence-corrected chi connectivity index (χ0v) is 16.1. The summed E-state index contributed by atoms with van der Waals surface area (Å²) in [6.07, 6.45) is 1.57. The minimum atomic E-state index is -0.538. The van der Waals surface area contributed by atoms with Crippen molar-refractivity contribution in [1.82, 2.24) is 0 Å². The Morgan fingerprint density at radius 1 is 1.19 bits per heavy atom. The molecule has 0 aliphatic carbocycles. The number of halogens is 1. The summed E-state index contributed by atoms with van der Waals surface area (Å²) in [7, 11) is 1.48. The number of carbonyl (C=O) groups excluding carboxylic acids is 2. The number of carbonyl (C=O) groups is 2. The van der Waals surface area contributed by atoms with Crippen LogP contribution in [0.3, 0.4) is 0 Å². The zero-order chi connectivity index (χ0) is 18.7. The fourth-order valence-corrected chi connectivity index (χ4v) is 2.87. The van der Waals surface area contributed by atoms with Crippen LogP contribution in [0, 0.1) is 3.57 Å². The van der Waals surface area contributed by atoms with E-state index in [-0.39, 0.29) is 17.3 Å². The van der Waals surface area contributed by atoms with Gasteiger partial charge in [0, 0.05) is 16.1 Å². The van der Waals surface area contributed by atoms with Gasteiger partial charge in [-0.15, -0.1) is 0 Å². The average molecular weight is 463 g/mol. The van der Waals surface area contributed by atoms with Crippen molar-refractivity contribution in [2.24, 2.45) is 4.99 Å². The first kappa shape index (κ1) is 18.1. The van der Waals surface area contributed by atoms with Crippen LogP contribution in [0.2, 0.25) is 0 Å². The summed E-state index contributed by atoms with van der Waals surface area (Å²) in [6, 6.07) is 12.5. The molecule has 3 rings (SSSR count). The van der Waals surface area contributed by atoms with Gasteiger partial charge in [0.15, 0.2) is 17.2 Å². The van der Waals surface area contributed by atoms with Crippen molar-refractivity contribution < 1.29 is 23.8 Å². The third-order valence-corrected chi connectivity index (χ3v) is 4.11. The standard InChI is InChI=1S/C19H14INO5/c1-11(22)25-17-9-12(6-7-16(17)24-2)8-15-19(23)26-18(21-15)13-4-3-5-14(20)10-13/h3-10H,1-2H3/b15-8-. The average Bonchev–Trinajstić information content (AvgIpc) is 2.95. The monoisotopic (exact) mass is 463 g/mol. The molecule has 6 nitrogen and oxygen atoms in total. The summed E-state index contributed by atoms with van der Waals surface area (Å²) >= 11 is 2.18. The van der Waals surface area contributed by atoms with E-state index in [0.29, 0.717) is 11.3 Å². The number of nitrogens with zero attached hydrogens (tertiary/aromatic N) is 1. The summed E-state index contributed by atoms with van der Waals surface area (Å²) in [4.78, 5) is 27.6. The normalized spacial score (nSPS) is 14.8. The van der Waals surface area contributed by atoms with Gasteiger partial charge < -0.3 is 14.2 Å². The quantitative estimate of drug-likeness (QED) is 0.300. The van der Waals surface area contributed by atoms with Crippen LogP contribution in [0.4, 0.5) is 0 Å². The summed E-state index contributed by atoms with van der Waals surface area (Å²) in [5, 5.41) is 0. The molecule has 0 unspecified atom stereocenters. The first-order valence-corrected chi connectivity index (χ1v) is 8.69. The van der Waals surface area contributed by atoms with Gasteiger partial charge >= 0.3 is 11.9 Å². The Bertz CT molecular complexity index is 949. The SMILES string of the molecule is COc1ccc(/C=C2\N=C(c3cccc(I)c3)OC2=O)cc1OC(C)=O. The lowest BCUT2D eigenvalue weighted by Crippen LogP contribution is -2.05. The summed E-state index contributed by atoms with van der Waals surface area (Å²) in [6.45, 7) is 1.30. The van der Waals surface area contributed by atoms with Gasteiger partial charge in [0.2, 0.25) is 5.90 Å². The van der Waals surface area contributed by atoms with Crippen molar-refractivity contribution >= 4 is 46.5 Å². The molecule has 0 atom stereocenters. The Hall–Kier alpha value is -2.68. The van der Waals surface area contributed by atoms with E-state index in [4.69, 9.17) is 14.2 Å². The molecule has 0 spiro atoms. The highest BCUT2D eigenvalue weighted by molar-refractivity contribution is 14.1. The maximum atomic E-state index is 12.1. The predicted octanol–water partition coefficient (Wildman–Crippen LogP) is 3.57. The molecule has 0 bridgehead atoms. The van der Waals surface area contributed by atoms with Gasteiger partial charge in [-0.05, 0) is 64.6 Å². The molecule has 0 fully saturated rings. The third kappa shape index (κ3) is 4.10. The van der Waals surface area contributed by atoms with Gasteiger partial charge in [-0.1, -0.05) is 12.1 Å². The lowest BCUT2D eigenvalue weighted by molar-refractivity contribution is -0.132.